The molecule has 8 nitrogen and oxygen atoms in total. The third kappa shape index (κ3) is 5.73. The topological polar surface area (TPSA) is 105 Å². The van der Waals surface area contributed by atoms with Gasteiger partial charge in [-0.15, -0.1) is 0 Å². The van der Waals surface area contributed by atoms with Gasteiger partial charge >= 0.3 is 12.2 Å². The van der Waals surface area contributed by atoms with E-state index >= 15 is 0 Å². The first-order valence-corrected chi connectivity index (χ1v) is 9.49. The lowest BCUT2D eigenvalue weighted by Crippen LogP contribution is -2.33. The van der Waals surface area contributed by atoms with Gasteiger partial charge in [0.1, 0.15) is 12.7 Å². The van der Waals surface area contributed by atoms with Crippen molar-refractivity contribution in [2.45, 2.75) is 57.8 Å². The maximum atomic E-state index is 11.9. The number of hydrogen-bond donors (Lipinski definition) is 3. The standard InChI is InChI=1S/C20H26N4O4/c1-13(2)21-20(26)28-16-9-8-15(10-16)17-11-18(24-23-17)22-19(25)27-12-14-6-4-3-5-7-14/h3-7,11,13,15-16H,8-10,12H2,1-2H3,(H,21,26)(H2,22,23,24,25)/t15-,16+/m1/s1. The maximum Gasteiger partial charge on any atom is 0.413 e. The van der Waals surface area contributed by atoms with Crippen LogP contribution in [0.15, 0.2) is 36.4 Å². The van der Waals surface area contributed by atoms with Gasteiger partial charge in [0.2, 0.25) is 0 Å². The summed E-state index contributed by atoms with van der Waals surface area (Å²) in [5.74, 6) is 0.621. The van der Waals surface area contributed by atoms with Gasteiger partial charge in [0.15, 0.2) is 5.82 Å². The summed E-state index contributed by atoms with van der Waals surface area (Å²) in [5.41, 5.74) is 1.83. The minimum absolute atomic E-state index is 0.0487. The summed E-state index contributed by atoms with van der Waals surface area (Å²) in [6, 6.07) is 11.3. The van der Waals surface area contributed by atoms with Crippen LogP contribution in [0.1, 0.15) is 50.3 Å². The Bertz CT molecular complexity index is 791. The number of alkyl carbamates (subject to hydrolysis) is 1. The first-order chi connectivity index (χ1) is 13.5. The van der Waals surface area contributed by atoms with E-state index < -0.39 is 6.09 Å². The number of aromatic nitrogens is 2. The Morgan fingerprint density at radius 1 is 1.21 bits per heavy atom. The van der Waals surface area contributed by atoms with Gasteiger partial charge in [0.25, 0.3) is 0 Å². The molecule has 0 spiro atoms. The van der Waals surface area contributed by atoms with Crippen molar-refractivity contribution in [1.29, 1.82) is 0 Å². The van der Waals surface area contributed by atoms with Gasteiger partial charge in [-0.05, 0) is 38.7 Å². The summed E-state index contributed by atoms with van der Waals surface area (Å²) in [7, 11) is 0. The molecule has 2 aromatic rings. The number of rotatable bonds is 6. The number of carbonyl (C=O) groups is 2. The van der Waals surface area contributed by atoms with Gasteiger partial charge in [-0.2, -0.15) is 5.10 Å². The highest BCUT2D eigenvalue weighted by molar-refractivity contribution is 5.83. The zero-order valence-corrected chi connectivity index (χ0v) is 16.1. The van der Waals surface area contributed by atoms with Crippen molar-refractivity contribution in [3.8, 4) is 0 Å². The van der Waals surface area contributed by atoms with Crippen molar-refractivity contribution in [3.63, 3.8) is 0 Å². The fourth-order valence-corrected chi connectivity index (χ4v) is 3.22. The molecular weight excluding hydrogens is 360 g/mol. The van der Waals surface area contributed by atoms with Gasteiger partial charge in [-0.1, -0.05) is 30.3 Å². The quantitative estimate of drug-likeness (QED) is 0.698. The number of ether oxygens (including phenoxy) is 2. The van der Waals surface area contributed by atoms with Crippen LogP contribution in [-0.4, -0.2) is 34.5 Å². The van der Waals surface area contributed by atoms with Crippen LogP contribution in [0.3, 0.4) is 0 Å². The third-order valence-corrected chi connectivity index (χ3v) is 4.55. The predicted molar refractivity (Wildman–Crippen MR) is 104 cm³/mol. The molecule has 1 aliphatic carbocycles. The van der Waals surface area contributed by atoms with E-state index in [0.717, 1.165) is 30.5 Å². The Labute approximate surface area is 164 Å². The summed E-state index contributed by atoms with van der Waals surface area (Å²) in [6.45, 7) is 3.98. The zero-order valence-electron chi connectivity index (χ0n) is 16.1. The molecule has 150 valence electrons. The molecule has 1 saturated carbocycles. The molecular formula is C20H26N4O4. The lowest BCUT2D eigenvalue weighted by molar-refractivity contribution is 0.0981. The maximum absolute atomic E-state index is 11.9. The number of benzene rings is 1. The molecule has 2 atom stereocenters. The second kappa shape index (κ2) is 9.25. The summed E-state index contributed by atoms with van der Waals surface area (Å²) < 4.78 is 10.6. The molecule has 1 aromatic carbocycles. The van der Waals surface area contributed by atoms with Gasteiger partial charge < -0.3 is 14.8 Å². The van der Waals surface area contributed by atoms with E-state index in [0.29, 0.717) is 5.82 Å². The SMILES string of the molecule is CC(C)NC(=O)O[C@H]1CC[C@@H](c2cc(NC(=O)OCc3ccccc3)n[nH]2)C1. The molecule has 0 radical (unpaired) electrons. The van der Waals surface area contributed by atoms with Crippen molar-refractivity contribution >= 4 is 18.0 Å². The van der Waals surface area contributed by atoms with E-state index in [1.54, 1.807) is 6.07 Å². The van der Waals surface area contributed by atoms with Gasteiger partial charge in [0, 0.05) is 23.7 Å². The zero-order chi connectivity index (χ0) is 19.9. The highest BCUT2D eigenvalue weighted by Gasteiger charge is 2.30. The van der Waals surface area contributed by atoms with Crippen LogP contribution in [-0.2, 0) is 16.1 Å². The number of carbonyl (C=O) groups excluding carboxylic acids is 2. The number of amides is 2. The van der Waals surface area contributed by atoms with Crippen LogP contribution in [0, 0.1) is 0 Å². The molecule has 8 heteroatoms. The first kappa shape index (κ1) is 19.7. The van der Waals surface area contributed by atoms with E-state index in [2.05, 4.69) is 20.8 Å². The fraction of sp³-hybridized carbons (Fsp3) is 0.450. The highest BCUT2D eigenvalue weighted by Crippen LogP contribution is 2.35. The predicted octanol–water partition coefficient (Wildman–Crippen LogP) is 3.93. The van der Waals surface area contributed by atoms with Crippen LogP contribution in [0.25, 0.3) is 0 Å². The monoisotopic (exact) mass is 386 g/mol. The smallest absolute Gasteiger partial charge is 0.413 e. The van der Waals surface area contributed by atoms with Crippen LogP contribution in [0.2, 0.25) is 0 Å². The second-order valence-corrected chi connectivity index (χ2v) is 7.23. The van der Waals surface area contributed by atoms with Crippen LogP contribution < -0.4 is 10.6 Å². The highest BCUT2D eigenvalue weighted by atomic mass is 16.6. The molecule has 1 heterocycles. The Hall–Kier alpha value is -3.03. The number of nitrogens with zero attached hydrogens (tertiary/aromatic N) is 1. The summed E-state index contributed by atoms with van der Waals surface area (Å²) in [6.07, 6.45) is 1.37. The number of anilines is 1. The van der Waals surface area contributed by atoms with Crippen molar-refractivity contribution in [2.24, 2.45) is 0 Å². The summed E-state index contributed by atoms with van der Waals surface area (Å²) in [5, 5.41) is 12.4. The number of hydrogen-bond acceptors (Lipinski definition) is 5. The molecule has 0 aliphatic heterocycles. The normalized spacial score (nSPS) is 18.7. The van der Waals surface area contributed by atoms with Crippen molar-refractivity contribution in [3.05, 3.63) is 47.7 Å². The molecule has 1 aliphatic rings. The lowest BCUT2D eigenvalue weighted by atomic mass is 10.0. The molecule has 3 rings (SSSR count). The second-order valence-electron chi connectivity index (χ2n) is 7.23. The molecule has 2 amide bonds. The molecule has 3 N–H and O–H groups in total. The first-order valence-electron chi connectivity index (χ1n) is 9.49. The van der Waals surface area contributed by atoms with E-state index in [-0.39, 0.29) is 30.8 Å². The van der Waals surface area contributed by atoms with Crippen LogP contribution in [0.4, 0.5) is 15.4 Å². The lowest BCUT2D eigenvalue weighted by Gasteiger charge is -2.14. The Balaban J connectivity index is 1.45. The Morgan fingerprint density at radius 2 is 2.00 bits per heavy atom. The van der Waals surface area contributed by atoms with Crippen molar-refractivity contribution in [1.82, 2.24) is 15.5 Å². The minimum atomic E-state index is -0.556. The van der Waals surface area contributed by atoms with E-state index in [1.807, 2.05) is 44.2 Å². The van der Waals surface area contributed by atoms with Gasteiger partial charge in [0.05, 0.1) is 0 Å². The third-order valence-electron chi connectivity index (χ3n) is 4.55. The summed E-state index contributed by atoms with van der Waals surface area (Å²) in [4.78, 5) is 23.7. The van der Waals surface area contributed by atoms with Crippen molar-refractivity contribution < 1.29 is 19.1 Å². The molecule has 0 saturated heterocycles. The molecule has 28 heavy (non-hydrogen) atoms. The number of H-pyrrole nitrogens is 1. The van der Waals surface area contributed by atoms with E-state index in [1.165, 1.54) is 0 Å². The summed E-state index contributed by atoms with van der Waals surface area (Å²) >= 11 is 0. The van der Waals surface area contributed by atoms with E-state index in [4.69, 9.17) is 9.47 Å². The average Bonchev–Trinajstić information content (AvgIpc) is 3.29. The van der Waals surface area contributed by atoms with Crippen molar-refractivity contribution in [2.75, 3.05) is 5.32 Å². The average molecular weight is 386 g/mol. The minimum Gasteiger partial charge on any atom is -0.446 e. The van der Waals surface area contributed by atoms with Crippen LogP contribution >= 0.6 is 0 Å². The molecule has 0 bridgehead atoms. The number of nitrogens with one attached hydrogen (secondary N) is 3. The van der Waals surface area contributed by atoms with Crippen LogP contribution in [0.5, 0.6) is 0 Å². The number of aromatic amines is 1. The largest absolute Gasteiger partial charge is 0.446 e. The fourth-order valence-electron chi connectivity index (χ4n) is 3.22. The van der Waals surface area contributed by atoms with Gasteiger partial charge in [-0.3, -0.25) is 10.4 Å². The Morgan fingerprint density at radius 3 is 2.75 bits per heavy atom. The molecule has 1 aromatic heterocycles. The molecule has 0 unspecified atom stereocenters. The molecule has 1 fully saturated rings. The van der Waals surface area contributed by atoms with Gasteiger partial charge in [-0.25, -0.2) is 9.59 Å². The van der Waals surface area contributed by atoms with E-state index in [9.17, 15) is 9.59 Å². The Kier molecular flexibility index (Phi) is 6.52.